The van der Waals surface area contributed by atoms with E-state index in [0.29, 0.717) is 18.8 Å². The summed E-state index contributed by atoms with van der Waals surface area (Å²) in [5, 5.41) is 20.7. The molecule has 0 bridgehead atoms. The first-order valence-electron chi connectivity index (χ1n) is 8.55. The Labute approximate surface area is 193 Å². The molecule has 0 aliphatic carbocycles. The molecule has 0 fully saturated rings. The third-order valence-electron chi connectivity index (χ3n) is 4.31. The van der Waals surface area contributed by atoms with E-state index in [9.17, 15) is 10.2 Å². The van der Waals surface area contributed by atoms with E-state index in [4.69, 9.17) is 11.5 Å². The van der Waals surface area contributed by atoms with Gasteiger partial charge in [0.25, 0.3) is 0 Å². The molecular formula is C20H23AcN4O2-. The largest absolute Gasteiger partial charge is 0.677 e. The number of hydrogen-bond donors (Lipinski definition) is 5. The number of nitrogens with one attached hydrogen (secondary N) is 3. The molecule has 0 aliphatic rings. The van der Waals surface area contributed by atoms with Gasteiger partial charge in [-0.1, -0.05) is 0 Å². The van der Waals surface area contributed by atoms with Crippen molar-refractivity contribution in [3.8, 4) is 11.5 Å². The van der Waals surface area contributed by atoms with Crippen LogP contribution in [-0.2, 0) is 12.8 Å². The summed E-state index contributed by atoms with van der Waals surface area (Å²) in [6.45, 7) is 1.01. The summed E-state index contributed by atoms with van der Waals surface area (Å²) >= 11 is 0. The zero-order valence-corrected chi connectivity index (χ0v) is 19.7. The van der Waals surface area contributed by atoms with Crippen LogP contribution in [0, 0.1) is 44.1 Å². The number of rotatable bonds is 4. The van der Waals surface area contributed by atoms with Gasteiger partial charge in [0, 0.05) is 78.3 Å². The Balaban J connectivity index is 0.000000187. The maximum atomic E-state index is 9.30. The molecule has 7 N–H and O–H groups in total. The maximum Gasteiger partial charge on any atom is 0.116 e. The third-order valence-corrected chi connectivity index (χ3v) is 4.31. The second-order valence-electron chi connectivity index (χ2n) is 6.13. The number of benzene rings is 2. The van der Waals surface area contributed by atoms with E-state index in [1.165, 1.54) is 0 Å². The van der Waals surface area contributed by atoms with Gasteiger partial charge in [-0.2, -0.15) is 0 Å². The predicted octanol–water partition coefficient (Wildman–Crippen LogP) is 3.84. The quantitative estimate of drug-likeness (QED) is 0.253. The zero-order chi connectivity index (χ0) is 18.5. The van der Waals surface area contributed by atoms with Gasteiger partial charge in [-0.15, -0.1) is 6.54 Å². The summed E-state index contributed by atoms with van der Waals surface area (Å²) in [5.41, 5.74) is 16.9. The van der Waals surface area contributed by atoms with Crippen molar-refractivity contribution in [3.05, 3.63) is 65.7 Å². The Bertz CT molecular complexity index is 928. The van der Waals surface area contributed by atoms with Crippen LogP contribution in [0.15, 0.2) is 48.8 Å². The molecule has 27 heavy (non-hydrogen) atoms. The Kier molecular flexibility index (Phi) is 8.18. The molecule has 4 rings (SSSR count). The van der Waals surface area contributed by atoms with E-state index >= 15 is 0 Å². The molecule has 2 aromatic heterocycles. The number of fused-ring (bicyclic) bond motifs is 2. The fourth-order valence-corrected chi connectivity index (χ4v) is 3.04. The minimum absolute atomic E-state index is 0. The van der Waals surface area contributed by atoms with E-state index in [1.54, 1.807) is 24.3 Å². The fourth-order valence-electron chi connectivity index (χ4n) is 3.04. The predicted molar refractivity (Wildman–Crippen MR) is 106 cm³/mol. The van der Waals surface area contributed by atoms with E-state index in [-0.39, 0.29) is 49.8 Å². The van der Waals surface area contributed by atoms with Crippen molar-refractivity contribution >= 4 is 21.8 Å². The molecule has 7 heteroatoms. The topological polar surface area (TPSA) is 122 Å². The van der Waals surface area contributed by atoms with Crippen LogP contribution in [0.25, 0.3) is 27.5 Å². The van der Waals surface area contributed by atoms with E-state index in [2.05, 4.69) is 9.97 Å². The number of nitrogens with two attached hydrogens (primary N) is 1. The summed E-state index contributed by atoms with van der Waals surface area (Å²) in [5.74, 6) is 0.573. The molecule has 6 nitrogen and oxygen atoms in total. The number of aromatic nitrogens is 2. The number of phenolic OH excluding ortho intramolecular Hbond substituents is 2. The second kappa shape index (κ2) is 10.1. The van der Waals surface area contributed by atoms with Gasteiger partial charge < -0.3 is 31.6 Å². The van der Waals surface area contributed by atoms with Crippen LogP contribution >= 0.6 is 0 Å². The first kappa shape index (κ1) is 21.8. The van der Waals surface area contributed by atoms with E-state index in [0.717, 1.165) is 45.8 Å². The molecule has 2 aromatic carbocycles. The van der Waals surface area contributed by atoms with Gasteiger partial charge >= 0.3 is 0 Å². The van der Waals surface area contributed by atoms with Gasteiger partial charge in [0.1, 0.15) is 11.5 Å². The molecule has 0 atom stereocenters. The minimum atomic E-state index is 0. The molecule has 1 radical (unpaired) electrons. The molecule has 0 amide bonds. The standard InChI is InChI=1S/C10H12N2O.C10H11N2O.Ac/c2*11-4-3-7-6-12-10-2-1-8(13)5-9(7)10;/h1-2,5-6,12-13H,3-4,11H2;1-2,5-6,11-13H,3-4H2;/q;-1;. The average Bonchev–Trinajstić information content (AvgIpc) is 3.21. The Morgan fingerprint density at radius 1 is 0.815 bits per heavy atom. The fraction of sp³-hybridized carbons (Fsp3) is 0.200. The van der Waals surface area contributed by atoms with Crippen LogP contribution in [0.4, 0.5) is 0 Å². The molecule has 4 aromatic rings. The van der Waals surface area contributed by atoms with Crippen LogP contribution in [-0.4, -0.2) is 33.3 Å². The molecule has 0 saturated carbocycles. The third kappa shape index (κ3) is 5.26. The summed E-state index contributed by atoms with van der Waals surface area (Å²) < 4.78 is 0. The summed E-state index contributed by atoms with van der Waals surface area (Å²) in [6.07, 6.45) is 5.41. The van der Waals surface area contributed by atoms with Crippen LogP contribution in [0.5, 0.6) is 11.5 Å². The molecule has 0 saturated heterocycles. The van der Waals surface area contributed by atoms with Crippen molar-refractivity contribution in [1.29, 1.82) is 0 Å². The van der Waals surface area contributed by atoms with Crippen LogP contribution < -0.4 is 5.73 Å². The molecule has 0 unspecified atom stereocenters. The molecule has 0 aliphatic heterocycles. The van der Waals surface area contributed by atoms with Crippen molar-refractivity contribution in [3.63, 3.8) is 0 Å². The number of aromatic hydroxyl groups is 2. The van der Waals surface area contributed by atoms with Gasteiger partial charge in [-0.05, 0) is 66.9 Å². The first-order chi connectivity index (χ1) is 12.6. The second-order valence-corrected chi connectivity index (χ2v) is 6.13. The molecule has 139 valence electrons. The van der Waals surface area contributed by atoms with Crippen molar-refractivity contribution in [2.75, 3.05) is 13.1 Å². The summed E-state index contributed by atoms with van der Waals surface area (Å²) in [4.78, 5) is 6.24. The summed E-state index contributed by atoms with van der Waals surface area (Å²) in [7, 11) is 0. The number of aromatic amines is 2. The molecule has 0 spiro atoms. The molecular weight excluding hydrogens is 555 g/mol. The van der Waals surface area contributed by atoms with Crippen LogP contribution in [0.2, 0.25) is 0 Å². The molecule has 2 heterocycles. The minimum Gasteiger partial charge on any atom is -0.677 e. The average molecular weight is 578 g/mol. The van der Waals surface area contributed by atoms with Gasteiger partial charge in [0.2, 0.25) is 0 Å². The van der Waals surface area contributed by atoms with Gasteiger partial charge in [-0.25, -0.2) is 0 Å². The Hall–Kier alpha value is -1.52. The zero-order valence-electron chi connectivity index (χ0n) is 15.0. The van der Waals surface area contributed by atoms with Crippen molar-refractivity contribution in [1.82, 2.24) is 9.97 Å². The number of phenols is 2. The van der Waals surface area contributed by atoms with Crippen molar-refractivity contribution in [2.45, 2.75) is 12.8 Å². The van der Waals surface area contributed by atoms with Gasteiger partial charge in [0.05, 0.1) is 0 Å². The van der Waals surface area contributed by atoms with Crippen LogP contribution in [0.1, 0.15) is 11.1 Å². The number of hydrogen-bond acceptors (Lipinski definition) is 3. The summed E-state index contributed by atoms with van der Waals surface area (Å²) in [6, 6.07) is 10.5. The Morgan fingerprint density at radius 3 is 1.74 bits per heavy atom. The Morgan fingerprint density at radius 2 is 1.30 bits per heavy atom. The maximum absolute atomic E-state index is 9.30. The van der Waals surface area contributed by atoms with E-state index < -0.39 is 0 Å². The number of H-pyrrole nitrogens is 2. The van der Waals surface area contributed by atoms with E-state index in [1.807, 2.05) is 24.5 Å². The van der Waals surface area contributed by atoms with Gasteiger partial charge in [-0.3, -0.25) is 0 Å². The van der Waals surface area contributed by atoms with Gasteiger partial charge in [0.15, 0.2) is 0 Å². The smallest absolute Gasteiger partial charge is 0.116 e. The normalized spacial score (nSPS) is 10.4. The van der Waals surface area contributed by atoms with Crippen molar-refractivity contribution < 1.29 is 54.3 Å². The first-order valence-corrected chi connectivity index (χ1v) is 8.55. The SMILES string of the molecule is NCCc1c[nH]c2ccc(O)cc12.[Ac].[NH-]CCc1c[nH]c2ccc(O)cc12. The monoisotopic (exact) mass is 578 g/mol. The van der Waals surface area contributed by atoms with Crippen molar-refractivity contribution in [2.24, 2.45) is 5.73 Å². The van der Waals surface area contributed by atoms with Crippen LogP contribution in [0.3, 0.4) is 0 Å².